The molecule has 0 spiro atoms. The lowest BCUT2D eigenvalue weighted by molar-refractivity contribution is 0.162. The highest BCUT2D eigenvalue weighted by molar-refractivity contribution is 6.51. The van der Waals surface area contributed by atoms with Crippen LogP contribution in [0.5, 0.6) is 0 Å². The zero-order valence-corrected chi connectivity index (χ0v) is 8.81. The van der Waals surface area contributed by atoms with Crippen LogP contribution in [-0.2, 0) is 0 Å². The average Bonchev–Trinajstić information content (AvgIpc) is 2.08. The second-order valence-electron chi connectivity index (χ2n) is 4.10. The van der Waals surface area contributed by atoms with Crippen LogP contribution in [0, 0.1) is 11.8 Å². The molecule has 0 aliphatic heterocycles. The highest BCUT2D eigenvalue weighted by Gasteiger charge is 2.31. The van der Waals surface area contributed by atoms with E-state index in [4.69, 9.17) is 10.0 Å². The van der Waals surface area contributed by atoms with Gasteiger partial charge in [-0.05, 0) is 11.4 Å². The third-order valence-electron chi connectivity index (χ3n) is 2.77. The molecule has 0 saturated carbocycles. The maximum atomic E-state index is 9.80. The van der Waals surface area contributed by atoms with E-state index in [1.165, 1.54) is 0 Å². The number of hydrogen-bond acceptors (Lipinski definition) is 3. The Kier molecular flexibility index (Phi) is 3.53. The van der Waals surface area contributed by atoms with Crippen LogP contribution in [0.3, 0.4) is 0 Å². The average molecular weight is 196 g/mol. The van der Waals surface area contributed by atoms with Crippen molar-refractivity contribution in [3.8, 4) is 0 Å². The highest BCUT2D eigenvalue weighted by atomic mass is 16.4. The molecule has 2 unspecified atom stereocenters. The maximum absolute atomic E-state index is 9.80. The molecular formula is C10H17BO3. The largest absolute Gasteiger partial charge is 0.486 e. The lowest BCUT2D eigenvalue weighted by Crippen LogP contribution is -2.34. The smallest absolute Gasteiger partial charge is 0.423 e. The van der Waals surface area contributed by atoms with E-state index < -0.39 is 13.2 Å². The van der Waals surface area contributed by atoms with E-state index in [0.29, 0.717) is 5.92 Å². The maximum Gasteiger partial charge on any atom is 0.486 e. The van der Waals surface area contributed by atoms with Crippen LogP contribution >= 0.6 is 0 Å². The molecular weight excluding hydrogens is 179 g/mol. The lowest BCUT2D eigenvalue weighted by atomic mass is 9.67. The van der Waals surface area contributed by atoms with Gasteiger partial charge in [0.15, 0.2) is 0 Å². The van der Waals surface area contributed by atoms with Crippen molar-refractivity contribution in [2.45, 2.75) is 26.9 Å². The first kappa shape index (κ1) is 11.5. The van der Waals surface area contributed by atoms with Gasteiger partial charge >= 0.3 is 7.12 Å². The topological polar surface area (TPSA) is 60.7 Å². The summed E-state index contributed by atoms with van der Waals surface area (Å²) in [5.41, 5.74) is 1.42. The van der Waals surface area contributed by atoms with Crippen molar-refractivity contribution in [2.24, 2.45) is 11.8 Å². The Morgan fingerprint density at radius 2 is 1.86 bits per heavy atom. The molecule has 0 bridgehead atoms. The first-order valence-corrected chi connectivity index (χ1v) is 4.91. The monoisotopic (exact) mass is 196 g/mol. The third kappa shape index (κ3) is 2.08. The third-order valence-corrected chi connectivity index (χ3v) is 2.77. The predicted molar refractivity (Wildman–Crippen MR) is 56.4 cm³/mol. The summed E-state index contributed by atoms with van der Waals surface area (Å²) >= 11 is 0. The van der Waals surface area contributed by atoms with Gasteiger partial charge in [-0.2, -0.15) is 0 Å². The number of rotatable bonds is 2. The molecule has 0 radical (unpaired) electrons. The van der Waals surface area contributed by atoms with Crippen molar-refractivity contribution in [3.05, 3.63) is 23.2 Å². The van der Waals surface area contributed by atoms with Crippen LogP contribution < -0.4 is 0 Å². The molecule has 2 atom stereocenters. The second-order valence-corrected chi connectivity index (χ2v) is 4.10. The van der Waals surface area contributed by atoms with Crippen molar-refractivity contribution in [3.63, 3.8) is 0 Å². The fourth-order valence-corrected chi connectivity index (χ4v) is 1.87. The minimum Gasteiger partial charge on any atom is -0.423 e. The van der Waals surface area contributed by atoms with Gasteiger partial charge in [0.2, 0.25) is 0 Å². The van der Waals surface area contributed by atoms with Gasteiger partial charge in [0, 0.05) is 5.92 Å². The van der Waals surface area contributed by atoms with Gasteiger partial charge in [-0.3, -0.25) is 0 Å². The highest BCUT2D eigenvalue weighted by Crippen LogP contribution is 2.30. The zero-order chi connectivity index (χ0) is 10.9. The fraction of sp³-hybridized carbons (Fsp3) is 0.600. The normalized spacial score (nSPS) is 27.4. The van der Waals surface area contributed by atoms with E-state index in [0.717, 1.165) is 5.57 Å². The van der Waals surface area contributed by atoms with Crippen molar-refractivity contribution >= 4 is 7.12 Å². The number of allylic oxidation sites excluding steroid dienone is 2. The predicted octanol–water partition coefficient (Wildman–Crippen LogP) is 0.518. The van der Waals surface area contributed by atoms with Gasteiger partial charge in [-0.25, -0.2) is 0 Å². The zero-order valence-electron chi connectivity index (χ0n) is 8.81. The van der Waals surface area contributed by atoms with Crippen LogP contribution in [0.4, 0.5) is 0 Å². The summed E-state index contributed by atoms with van der Waals surface area (Å²) in [7, 11) is -1.56. The van der Waals surface area contributed by atoms with Crippen molar-refractivity contribution in [1.29, 1.82) is 0 Å². The lowest BCUT2D eigenvalue weighted by Gasteiger charge is -2.29. The van der Waals surface area contributed by atoms with E-state index >= 15 is 0 Å². The number of aliphatic hydroxyl groups excluding tert-OH is 1. The Labute approximate surface area is 84.9 Å². The number of aliphatic hydroxyl groups is 1. The minimum atomic E-state index is -1.56. The van der Waals surface area contributed by atoms with Crippen LogP contribution in [0.15, 0.2) is 23.2 Å². The molecule has 14 heavy (non-hydrogen) atoms. The SMILES string of the molecule is CC(C)C1=CC=C(B(O)O)C(O)C1C. The fourth-order valence-electron chi connectivity index (χ4n) is 1.87. The van der Waals surface area contributed by atoms with Crippen molar-refractivity contribution in [1.82, 2.24) is 0 Å². The van der Waals surface area contributed by atoms with E-state index in [2.05, 4.69) is 13.8 Å². The molecule has 0 aromatic carbocycles. The Morgan fingerprint density at radius 1 is 1.29 bits per heavy atom. The molecule has 0 heterocycles. The summed E-state index contributed by atoms with van der Waals surface area (Å²) in [4.78, 5) is 0. The van der Waals surface area contributed by atoms with Gasteiger partial charge in [0.25, 0.3) is 0 Å². The van der Waals surface area contributed by atoms with Crippen LogP contribution in [0.1, 0.15) is 20.8 Å². The molecule has 78 valence electrons. The molecule has 4 heteroatoms. The Morgan fingerprint density at radius 3 is 2.29 bits per heavy atom. The standard InChI is InChI=1S/C10H17BO3/c1-6(2)8-4-5-9(11(13)14)10(12)7(8)3/h4-7,10,12-14H,1-3H3. The molecule has 0 fully saturated rings. The van der Waals surface area contributed by atoms with Crippen LogP contribution in [-0.4, -0.2) is 28.4 Å². The molecule has 0 aromatic rings. The second kappa shape index (κ2) is 4.30. The summed E-state index contributed by atoms with van der Waals surface area (Å²) in [5.74, 6) is 0.324. The molecule has 1 aliphatic carbocycles. The summed E-state index contributed by atoms with van der Waals surface area (Å²) in [6.45, 7) is 6.01. The van der Waals surface area contributed by atoms with E-state index in [1.54, 1.807) is 6.08 Å². The van der Waals surface area contributed by atoms with Crippen molar-refractivity contribution < 1.29 is 15.2 Å². The molecule has 1 rings (SSSR count). The molecule has 0 amide bonds. The molecule has 3 N–H and O–H groups in total. The van der Waals surface area contributed by atoms with Gasteiger partial charge in [0.1, 0.15) is 0 Å². The van der Waals surface area contributed by atoms with Gasteiger partial charge in [-0.1, -0.05) is 38.5 Å². The molecule has 1 aliphatic rings. The molecule has 0 aromatic heterocycles. The molecule has 0 saturated heterocycles. The van der Waals surface area contributed by atoms with E-state index in [1.807, 2.05) is 13.0 Å². The molecule has 3 nitrogen and oxygen atoms in total. The minimum absolute atomic E-state index is 0.0446. The summed E-state index contributed by atoms with van der Waals surface area (Å²) in [6.07, 6.45) is 2.69. The Hall–Kier alpha value is -0.575. The Balaban J connectivity index is 2.96. The van der Waals surface area contributed by atoms with E-state index in [9.17, 15) is 5.11 Å². The van der Waals surface area contributed by atoms with E-state index in [-0.39, 0.29) is 11.4 Å². The first-order chi connectivity index (χ1) is 6.45. The number of hydrogen-bond donors (Lipinski definition) is 3. The van der Waals surface area contributed by atoms with Crippen LogP contribution in [0.2, 0.25) is 0 Å². The van der Waals surface area contributed by atoms with Crippen molar-refractivity contribution in [2.75, 3.05) is 0 Å². The van der Waals surface area contributed by atoms with Gasteiger partial charge < -0.3 is 15.2 Å². The van der Waals surface area contributed by atoms with Gasteiger partial charge in [-0.15, -0.1) is 0 Å². The summed E-state index contributed by atoms with van der Waals surface area (Å²) in [5, 5.41) is 27.8. The van der Waals surface area contributed by atoms with Crippen LogP contribution in [0.25, 0.3) is 0 Å². The summed E-state index contributed by atoms with van der Waals surface area (Å²) < 4.78 is 0. The summed E-state index contributed by atoms with van der Waals surface area (Å²) in [6, 6.07) is 0. The Bertz CT molecular complexity index is 241. The quantitative estimate of drug-likeness (QED) is 0.564. The first-order valence-electron chi connectivity index (χ1n) is 4.91. The van der Waals surface area contributed by atoms with Gasteiger partial charge in [0.05, 0.1) is 6.10 Å².